The SMILES string of the molecule is CN(CCC1CCCC1(N)C(=O)O)C1CCC(C)(C)CC1. The number of hydrogen-bond acceptors (Lipinski definition) is 3. The molecular formula is C17H32N2O2. The Kier molecular flexibility index (Phi) is 4.99. The summed E-state index contributed by atoms with van der Waals surface area (Å²) < 4.78 is 0. The van der Waals surface area contributed by atoms with Crippen LogP contribution in [0.3, 0.4) is 0 Å². The largest absolute Gasteiger partial charge is 0.480 e. The topological polar surface area (TPSA) is 66.6 Å². The molecule has 0 bridgehead atoms. The molecule has 4 nitrogen and oxygen atoms in total. The molecule has 0 aliphatic heterocycles. The Morgan fingerprint density at radius 3 is 2.43 bits per heavy atom. The van der Waals surface area contributed by atoms with Gasteiger partial charge in [0.25, 0.3) is 0 Å². The average Bonchev–Trinajstić information content (AvgIpc) is 2.79. The van der Waals surface area contributed by atoms with Gasteiger partial charge in [-0.3, -0.25) is 4.79 Å². The van der Waals surface area contributed by atoms with Crippen LogP contribution in [0.2, 0.25) is 0 Å². The molecule has 0 saturated heterocycles. The van der Waals surface area contributed by atoms with E-state index in [0.717, 1.165) is 25.8 Å². The normalized spacial score (nSPS) is 33.5. The number of carboxylic acids is 1. The zero-order chi connectivity index (χ0) is 15.7. The highest BCUT2D eigenvalue weighted by molar-refractivity contribution is 5.79. The average molecular weight is 296 g/mol. The first-order valence-corrected chi connectivity index (χ1v) is 8.47. The van der Waals surface area contributed by atoms with Crippen molar-refractivity contribution in [2.75, 3.05) is 13.6 Å². The van der Waals surface area contributed by atoms with Crippen LogP contribution in [0, 0.1) is 11.3 Å². The Balaban J connectivity index is 1.82. The smallest absolute Gasteiger partial charge is 0.323 e. The summed E-state index contributed by atoms with van der Waals surface area (Å²) in [6.07, 6.45) is 8.58. The van der Waals surface area contributed by atoms with E-state index in [1.54, 1.807) is 0 Å². The van der Waals surface area contributed by atoms with Gasteiger partial charge in [-0.05, 0) is 69.9 Å². The zero-order valence-electron chi connectivity index (χ0n) is 13.9. The highest BCUT2D eigenvalue weighted by Crippen LogP contribution is 2.38. The minimum Gasteiger partial charge on any atom is -0.480 e. The van der Waals surface area contributed by atoms with E-state index < -0.39 is 11.5 Å². The van der Waals surface area contributed by atoms with E-state index in [0.29, 0.717) is 17.9 Å². The van der Waals surface area contributed by atoms with Crippen molar-refractivity contribution in [3.05, 3.63) is 0 Å². The molecule has 2 atom stereocenters. The predicted molar refractivity (Wildman–Crippen MR) is 85.2 cm³/mol. The molecule has 2 unspecified atom stereocenters. The molecule has 0 radical (unpaired) electrons. The van der Waals surface area contributed by atoms with Crippen molar-refractivity contribution in [1.82, 2.24) is 4.90 Å². The lowest BCUT2D eigenvalue weighted by Crippen LogP contribution is -2.51. The zero-order valence-corrected chi connectivity index (χ0v) is 13.9. The maximum absolute atomic E-state index is 11.4. The van der Waals surface area contributed by atoms with Crippen molar-refractivity contribution in [3.63, 3.8) is 0 Å². The molecule has 2 rings (SSSR count). The molecule has 0 aromatic carbocycles. The minimum atomic E-state index is -0.977. The number of aliphatic carboxylic acids is 1. The molecule has 3 N–H and O–H groups in total. The van der Waals surface area contributed by atoms with Crippen LogP contribution < -0.4 is 5.73 Å². The molecule has 4 heteroatoms. The summed E-state index contributed by atoms with van der Waals surface area (Å²) >= 11 is 0. The van der Waals surface area contributed by atoms with Gasteiger partial charge in [-0.2, -0.15) is 0 Å². The second-order valence-corrected chi connectivity index (χ2v) is 8.10. The van der Waals surface area contributed by atoms with Gasteiger partial charge >= 0.3 is 5.97 Å². The number of nitrogens with zero attached hydrogens (tertiary/aromatic N) is 1. The summed E-state index contributed by atoms with van der Waals surface area (Å²) in [6.45, 7) is 5.69. The van der Waals surface area contributed by atoms with E-state index in [4.69, 9.17) is 5.73 Å². The van der Waals surface area contributed by atoms with Crippen molar-refractivity contribution in [1.29, 1.82) is 0 Å². The molecule has 2 aliphatic rings. The Morgan fingerprint density at radius 2 is 1.86 bits per heavy atom. The van der Waals surface area contributed by atoms with E-state index >= 15 is 0 Å². The number of carbonyl (C=O) groups is 1. The quantitative estimate of drug-likeness (QED) is 0.818. The van der Waals surface area contributed by atoms with Gasteiger partial charge in [0.15, 0.2) is 0 Å². The number of hydrogen-bond donors (Lipinski definition) is 2. The molecule has 2 fully saturated rings. The minimum absolute atomic E-state index is 0.137. The van der Waals surface area contributed by atoms with Crippen molar-refractivity contribution < 1.29 is 9.90 Å². The maximum Gasteiger partial charge on any atom is 0.323 e. The summed E-state index contributed by atoms with van der Waals surface area (Å²) in [5, 5.41) is 9.38. The van der Waals surface area contributed by atoms with Crippen LogP contribution in [0.15, 0.2) is 0 Å². The molecular weight excluding hydrogens is 264 g/mol. The van der Waals surface area contributed by atoms with Gasteiger partial charge in [0.2, 0.25) is 0 Å². The number of rotatable bonds is 5. The van der Waals surface area contributed by atoms with E-state index in [1.807, 2.05) is 0 Å². The lowest BCUT2D eigenvalue weighted by atomic mass is 9.75. The Hall–Kier alpha value is -0.610. The molecule has 21 heavy (non-hydrogen) atoms. The van der Waals surface area contributed by atoms with Crippen LogP contribution in [0.1, 0.15) is 65.2 Å². The molecule has 0 spiro atoms. The second-order valence-electron chi connectivity index (χ2n) is 8.10. The van der Waals surface area contributed by atoms with Crippen molar-refractivity contribution in [3.8, 4) is 0 Å². The fourth-order valence-electron chi connectivity index (χ4n) is 4.15. The summed E-state index contributed by atoms with van der Waals surface area (Å²) in [7, 11) is 2.19. The Bertz CT molecular complexity index is 373. The van der Waals surface area contributed by atoms with Gasteiger partial charge in [-0.15, -0.1) is 0 Å². The highest BCUT2D eigenvalue weighted by Gasteiger charge is 2.45. The molecule has 0 aromatic heterocycles. The fraction of sp³-hybridized carbons (Fsp3) is 0.941. The van der Waals surface area contributed by atoms with Crippen LogP contribution in [0.25, 0.3) is 0 Å². The third kappa shape index (κ3) is 3.78. The first kappa shape index (κ1) is 16.8. The van der Waals surface area contributed by atoms with Crippen LogP contribution in [-0.4, -0.2) is 41.1 Å². The maximum atomic E-state index is 11.4. The van der Waals surface area contributed by atoms with Crippen molar-refractivity contribution >= 4 is 5.97 Å². The molecule has 0 heterocycles. The monoisotopic (exact) mass is 296 g/mol. The van der Waals surface area contributed by atoms with Gasteiger partial charge in [0, 0.05) is 6.04 Å². The fourth-order valence-corrected chi connectivity index (χ4v) is 4.15. The molecule has 2 aliphatic carbocycles. The van der Waals surface area contributed by atoms with Crippen LogP contribution in [-0.2, 0) is 4.79 Å². The van der Waals surface area contributed by atoms with Crippen molar-refractivity contribution in [2.45, 2.75) is 76.8 Å². The highest BCUT2D eigenvalue weighted by atomic mass is 16.4. The van der Waals surface area contributed by atoms with E-state index in [9.17, 15) is 9.90 Å². The Morgan fingerprint density at radius 1 is 1.24 bits per heavy atom. The molecule has 2 saturated carbocycles. The number of carboxylic acid groups (broad SMARTS) is 1. The van der Waals surface area contributed by atoms with Gasteiger partial charge in [0.1, 0.15) is 5.54 Å². The van der Waals surface area contributed by atoms with Crippen LogP contribution in [0.5, 0.6) is 0 Å². The lowest BCUT2D eigenvalue weighted by molar-refractivity contribution is -0.144. The van der Waals surface area contributed by atoms with Gasteiger partial charge in [-0.25, -0.2) is 0 Å². The third-order valence-electron chi connectivity index (χ3n) is 6.03. The molecule has 0 amide bonds. The van der Waals surface area contributed by atoms with E-state index in [1.165, 1.54) is 25.7 Å². The summed E-state index contributed by atoms with van der Waals surface area (Å²) in [5.41, 5.74) is 5.65. The van der Waals surface area contributed by atoms with Gasteiger partial charge < -0.3 is 15.7 Å². The molecule has 0 aromatic rings. The lowest BCUT2D eigenvalue weighted by Gasteiger charge is -2.39. The summed E-state index contributed by atoms with van der Waals surface area (Å²) in [6, 6.07) is 0.663. The summed E-state index contributed by atoms with van der Waals surface area (Å²) in [4.78, 5) is 13.9. The van der Waals surface area contributed by atoms with E-state index in [2.05, 4.69) is 25.8 Å². The number of nitrogens with two attached hydrogens (primary N) is 1. The van der Waals surface area contributed by atoms with Crippen LogP contribution >= 0.6 is 0 Å². The first-order chi connectivity index (χ1) is 9.74. The standard InChI is InChI=1S/C17H32N2O2/c1-16(2)10-6-14(7-11-16)19(3)12-8-13-5-4-9-17(13,18)15(20)21/h13-14H,4-12,18H2,1-3H3,(H,20,21). The van der Waals surface area contributed by atoms with Crippen molar-refractivity contribution in [2.24, 2.45) is 17.1 Å². The predicted octanol–water partition coefficient (Wildman–Crippen LogP) is 2.86. The van der Waals surface area contributed by atoms with Crippen LogP contribution in [0.4, 0.5) is 0 Å². The van der Waals surface area contributed by atoms with Gasteiger partial charge in [0.05, 0.1) is 0 Å². The Labute approximate surface area is 129 Å². The van der Waals surface area contributed by atoms with Gasteiger partial charge in [-0.1, -0.05) is 20.3 Å². The summed E-state index contributed by atoms with van der Waals surface area (Å²) in [5.74, 6) is -0.676. The second kappa shape index (κ2) is 6.25. The van der Waals surface area contributed by atoms with E-state index in [-0.39, 0.29) is 5.92 Å². The molecule has 122 valence electrons. The third-order valence-corrected chi connectivity index (χ3v) is 6.03. The first-order valence-electron chi connectivity index (χ1n) is 8.47.